The van der Waals surface area contributed by atoms with Gasteiger partial charge in [0.25, 0.3) is 0 Å². The van der Waals surface area contributed by atoms with Gasteiger partial charge in [-0.15, -0.1) is 6.58 Å². The highest BCUT2D eigenvalue weighted by Crippen LogP contribution is 2.37. The van der Waals surface area contributed by atoms with Crippen LogP contribution in [-0.4, -0.2) is 0 Å². The van der Waals surface area contributed by atoms with E-state index in [2.05, 4.69) is 47.3 Å². The third-order valence-electron chi connectivity index (χ3n) is 3.14. The molecule has 0 spiro atoms. The second-order valence-corrected chi connectivity index (χ2v) is 4.72. The van der Waals surface area contributed by atoms with E-state index in [0.717, 1.165) is 18.3 Å². The lowest BCUT2D eigenvalue weighted by Gasteiger charge is -2.36. The molecule has 1 atom stereocenters. The van der Waals surface area contributed by atoms with Crippen LogP contribution in [0.15, 0.2) is 12.7 Å². The van der Waals surface area contributed by atoms with Crippen molar-refractivity contribution < 1.29 is 0 Å². The second kappa shape index (κ2) is 4.69. The van der Waals surface area contributed by atoms with E-state index in [4.69, 9.17) is 0 Å². The van der Waals surface area contributed by atoms with Crippen molar-refractivity contribution in [3.05, 3.63) is 12.7 Å². The van der Waals surface area contributed by atoms with Crippen LogP contribution >= 0.6 is 0 Å². The lowest BCUT2D eigenvalue weighted by Crippen LogP contribution is -2.27. The van der Waals surface area contributed by atoms with Crippen LogP contribution in [0.1, 0.15) is 47.5 Å². The van der Waals surface area contributed by atoms with Crippen LogP contribution < -0.4 is 0 Å². The zero-order valence-electron chi connectivity index (χ0n) is 9.35. The molecule has 0 heterocycles. The van der Waals surface area contributed by atoms with Crippen LogP contribution in [0, 0.1) is 17.3 Å². The van der Waals surface area contributed by atoms with E-state index in [-0.39, 0.29) is 0 Å². The van der Waals surface area contributed by atoms with Gasteiger partial charge >= 0.3 is 0 Å². The molecule has 0 aromatic rings. The van der Waals surface area contributed by atoms with Crippen molar-refractivity contribution >= 4 is 0 Å². The molecule has 12 heavy (non-hydrogen) atoms. The molecule has 0 N–H and O–H groups in total. The van der Waals surface area contributed by atoms with Crippen molar-refractivity contribution in [2.24, 2.45) is 17.3 Å². The summed E-state index contributed by atoms with van der Waals surface area (Å²) in [4.78, 5) is 0. The van der Waals surface area contributed by atoms with Gasteiger partial charge in [-0.1, -0.05) is 47.1 Å². The maximum Gasteiger partial charge on any atom is -0.0305 e. The van der Waals surface area contributed by atoms with Crippen LogP contribution in [0.5, 0.6) is 0 Å². The Balaban J connectivity index is 4.37. The van der Waals surface area contributed by atoms with E-state index < -0.39 is 0 Å². The molecule has 0 aromatic heterocycles. The fourth-order valence-corrected chi connectivity index (χ4v) is 1.94. The zero-order chi connectivity index (χ0) is 9.78. The molecule has 0 saturated heterocycles. The molecule has 0 fully saturated rings. The average molecular weight is 168 g/mol. The zero-order valence-corrected chi connectivity index (χ0v) is 9.35. The van der Waals surface area contributed by atoms with Gasteiger partial charge in [-0.2, -0.15) is 0 Å². The van der Waals surface area contributed by atoms with Crippen molar-refractivity contribution in [2.45, 2.75) is 47.5 Å². The number of hydrogen-bond acceptors (Lipinski definition) is 0. The van der Waals surface area contributed by atoms with Gasteiger partial charge in [0.1, 0.15) is 0 Å². The van der Waals surface area contributed by atoms with E-state index in [1.165, 1.54) is 6.42 Å². The SMILES string of the molecule is C=CC[C@H](C(C)C)C(C)(C)CC. The third kappa shape index (κ3) is 3.00. The highest BCUT2D eigenvalue weighted by Gasteiger charge is 2.28. The molecule has 0 aliphatic rings. The van der Waals surface area contributed by atoms with Gasteiger partial charge in [0.2, 0.25) is 0 Å². The molecule has 72 valence electrons. The minimum Gasteiger partial charge on any atom is -0.103 e. The number of rotatable bonds is 5. The molecule has 0 radical (unpaired) electrons. The summed E-state index contributed by atoms with van der Waals surface area (Å²) in [7, 11) is 0. The summed E-state index contributed by atoms with van der Waals surface area (Å²) >= 11 is 0. The largest absolute Gasteiger partial charge is 0.103 e. The van der Waals surface area contributed by atoms with Gasteiger partial charge < -0.3 is 0 Å². The molecular formula is C12H24. The Kier molecular flexibility index (Phi) is 4.59. The molecule has 0 aliphatic heterocycles. The molecule has 0 saturated carbocycles. The van der Waals surface area contributed by atoms with Gasteiger partial charge in [-0.3, -0.25) is 0 Å². The van der Waals surface area contributed by atoms with Crippen LogP contribution in [0.3, 0.4) is 0 Å². The summed E-state index contributed by atoms with van der Waals surface area (Å²) in [5, 5.41) is 0. The van der Waals surface area contributed by atoms with Crippen molar-refractivity contribution in [1.82, 2.24) is 0 Å². The van der Waals surface area contributed by atoms with Gasteiger partial charge in [0, 0.05) is 0 Å². The van der Waals surface area contributed by atoms with Crippen molar-refractivity contribution in [2.75, 3.05) is 0 Å². The van der Waals surface area contributed by atoms with Gasteiger partial charge in [0.05, 0.1) is 0 Å². The van der Waals surface area contributed by atoms with Crippen LogP contribution in [0.4, 0.5) is 0 Å². The van der Waals surface area contributed by atoms with E-state index in [9.17, 15) is 0 Å². The molecule has 0 aromatic carbocycles. The minimum atomic E-state index is 0.461. The maximum absolute atomic E-state index is 3.83. The minimum absolute atomic E-state index is 0.461. The van der Waals surface area contributed by atoms with Crippen LogP contribution in [0.25, 0.3) is 0 Å². The first-order valence-electron chi connectivity index (χ1n) is 5.06. The van der Waals surface area contributed by atoms with E-state index in [1.807, 2.05) is 0 Å². The summed E-state index contributed by atoms with van der Waals surface area (Å²) in [6.07, 6.45) is 4.46. The molecule has 0 rings (SSSR count). The molecule has 0 nitrogen and oxygen atoms in total. The summed E-state index contributed by atoms with van der Waals surface area (Å²) in [5.74, 6) is 1.54. The fourth-order valence-electron chi connectivity index (χ4n) is 1.94. The van der Waals surface area contributed by atoms with E-state index >= 15 is 0 Å². The first-order chi connectivity index (χ1) is 5.45. The lowest BCUT2D eigenvalue weighted by atomic mass is 9.70. The molecule has 0 amide bonds. The Labute approximate surface area is 78.1 Å². The topological polar surface area (TPSA) is 0 Å². The van der Waals surface area contributed by atoms with E-state index in [0.29, 0.717) is 5.41 Å². The van der Waals surface area contributed by atoms with E-state index in [1.54, 1.807) is 0 Å². The highest BCUT2D eigenvalue weighted by molar-refractivity contribution is 4.84. The molecule has 0 bridgehead atoms. The van der Waals surface area contributed by atoms with Crippen LogP contribution in [-0.2, 0) is 0 Å². The second-order valence-electron chi connectivity index (χ2n) is 4.72. The summed E-state index contributed by atoms with van der Waals surface area (Å²) in [5.41, 5.74) is 0.461. The quantitative estimate of drug-likeness (QED) is 0.538. The molecule has 0 unspecified atom stereocenters. The highest BCUT2D eigenvalue weighted by atomic mass is 14.3. The van der Waals surface area contributed by atoms with Crippen molar-refractivity contribution in [3.63, 3.8) is 0 Å². The van der Waals surface area contributed by atoms with Crippen LogP contribution in [0.2, 0.25) is 0 Å². The standard InChI is InChI=1S/C12H24/c1-7-9-11(10(3)4)12(5,6)8-2/h7,10-11H,1,8-9H2,2-6H3/t11-/m1/s1. The molecular weight excluding hydrogens is 144 g/mol. The summed E-state index contributed by atoms with van der Waals surface area (Å²) in [6.45, 7) is 15.5. The summed E-state index contributed by atoms with van der Waals surface area (Å²) in [6, 6.07) is 0. The Morgan fingerprint density at radius 3 is 2.08 bits per heavy atom. The Bertz CT molecular complexity index is 131. The monoisotopic (exact) mass is 168 g/mol. The Hall–Kier alpha value is -0.260. The lowest BCUT2D eigenvalue weighted by molar-refractivity contribution is 0.152. The third-order valence-corrected chi connectivity index (χ3v) is 3.14. The predicted octanol–water partition coefficient (Wildman–Crippen LogP) is 4.27. The smallest absolute Gasteiger partial charge is 0.0305 e. The van der Waals surface area contributed by atoms with Crippen molar-refractivity contribution in [3.8, 4) is 0 Å². The normalized spacial score (nSPS) is 14.8. The van der Waals surface area contributed by atoms with Gasteiger partial charge in [-0.05, 0) is 23.7 Å². The van der Waals surface area contributed by atoms with Crippen molar-refractivity contribution in [1.29, 1.82) is 0 Å². The average Bonchev–Trinajstić information content (AvgIpc) is 1.99. The fraction of sp³-hybridized carbons (Fsp3) is 0.833. The van der Waals surface area contributed by atoms with Gasteiger partial charge in [0.15, 0.2) is 0 Å². The first-order valence-corrected chi connectivity index (χ1v) is 5.06. The molecule has 0 heteroatoms. The number of allylic oxidation sites excluding steroid dienone is 1. The van der Waals surface area contributed by atoms with Gasteiger partial charge in [-0.25, -0.2) is 0 Å². The first kappa shape index (κ1) is 11.7. The Morgan fingerprint density at radius 2 is 1.83 bits per heavy atom. The summed E-state index contributed by atoms with van der Waals surface area (Å²) < 4.78 is 0. The predicted molar refractivity (Wildman–Crippen MR) is 57.2 cm³/mol. The molecule has 0 aliphatic carbocycles. The maximum atomic E-state index is 3.83. The Morgan fingerprint density at radius 1 is 1.33 bits per heavy atom. The number of hydrogen-bond donors (Lipinski definition) is 0.